The van der Waals surface area contributed by atoms with Crippen LogP contribution in [0.2, 0.25) is 0 Å². The Kier molecular flexibility index (Phi) is 6.02. The molecular weight excluding hydrogens is 240 g/mol. The van der Waals surface area contributed by atoms with Crippen molar-refractivity contribution in [2.45, 2.75) is 13.8 Å². The maximum absolute atomic E-state index is 8.95. The topological polar surface area (TPSA) is 34.1 Å². The first-order valence-corrected chi connectivity index (χ1v) is 6.55. The molecule has 0 fully saturated rings. The van der Waals surface area contributed by atoms with Crippen molar-refractivity contribution in [2.75, 3.05) is 0 Å². The maximum atomic E-state index is 8.95. The molecule has 0 saturated carbocycles. The fraction of sp³-hybridized carbons (Fsp3) is 0.250. The first-order chi connectivity index (χ1) is 5.52. The van der Waals surface area contributed by atoms with Crippen LogP contribution in [0.4, 0.5) is 0 Å². The van der Waals surface area contributed by atoms with E-state index in [9.17, 15) is 0 Å². The number of halogens is 1. The molecule has 1 aromatic rings. The minimum Gasteiger partial charge on any atom is -0.220 e. The maximum Gasteiger partial charge on any atom is 0.199 e. The summed E-state index contributed by atoms with van der Waals surface area (Å²) in [7, 11) is -2.31. The minimum absolute atomic E-state index is 1.33. The van der Waals surface area contributed by atoms with Crippen LogP contribution in [-0.2, 0) is 9.14 Å². The van der Waals surface area contributed by atoms with Crippen LogP contribution >= 0.6 is 14.8 Å². The fourth-order valence-electron chi connectivity index (χ4n) is 0.637. The summed E-state index contributed by atoms with van der Waals surface area (Å²) >= 11 is 2.22. The highest BCUT2D eigenvalue weighted by Gasteiger charge is 1.79. The summed E-state index contributed by atoms with van der Waals surface area (Å²) in [6, 6.07) is 8.48. The van der Waals surface area contributed by atoms with Gasteiger partial charge < -0.3 is 0 Å². The summed E-state index contributed by atoms with van der Waals surface area (Å²) in [5.41, 5.74) is 2.66. The average Bonchev–Trinajstić information content (AvgIpc) is 1.94. The Balaban J connectivity index is 0.000000261. The van der Waals surface area contributed by atoms with E-state index < -0.39 is 9.14 Å². The van der Waals surface area contributed by atoms with E-state index in [2.05, 4.69) is 52.9 Å². The number of hydrogen-bond donors (Lipinski definition) is 1. The largest absolute Gasteiger partial charge is 0.220 e. The van der Waals surface area contributed by atoms with Gasteiger partial charge in [-0.2, -0.15) is 0 Å². The number of rotatable bonds is 0. The molecule has 0 heterocycles. The van der Waals surface area contributed by atoms with Crippen molar-refractivity contribution < 1.29 is 8.42 Å². The molecule has 1 aromatic carbocycles. The summed E-state index contributed by atoms with van der Waals surface area (Å²) in [6.45, 7) is 4.19. The van der Waals surface area contributed by atoms with Gasteiger partial charge in [-0.15, -0.1) is 0 Å². The molecule has 1 rings (SSSR count). The second kappa shape index (κ2) is 6.20. The van der Waals surface area contributed by atoms with Crippen LogP contribution in [0.5, 0.6) is 0 Å². The predicted octanol–water partition coefficient (Wildman–Crippen LogP) is 2.21. The van der Waals surface area contributed by atoms with Crippen molar-refractivity contribution in [1.29, 1.82) is 0 Å². The summed E-state index contributed by atoms with van der Waals surface area (Å²) in [4.78, 5) is 0. The molecule has 0 amide bonds. The number of aryl methyl sites for hydroxylation is 2. The lowest BCUT2D eigenvalue weighted by molar-refractivity contribution is 0.627. The standard InChI is InChI=1S/C8H10.BrHO2S/c1-7-3-5-8(2)6-4-7;1-4(2)3/h3-6H,1-2H3;4H. The van der Waals surface area contributed by atoms with Gasteiger partial charge in [0.2, 0.25) is 0 Å². The van der Waals surface area contributed by atoms with E-state index in [4.69, 9.17) is 8.42 Å². The fourth-order valence-corrected chi connectivity index (χ4v) is 0.637. The average molecular weight is 251 g/mol. The molecule has 0 spiro atoms. The third-order valence-corrected chi connectivity index (χ3v) is 1.22. The molecule has 0 radical (unpaired) electrons. The van der Waals surface area contributed by atoms with Crippen LogP contribution in [0.3, 0.4) is 0 Å². The highest BCUT2D eigenvalue weighted by atomic mass is 79.9. The quantitative estimate of drug-likeness (QED) is 0.566. The van der Waals surface area contributed by atoms with Gasteiger partial charge in [-0.25, -0.2) is 8.42 Å². The van der Waals surface area contributed by atoms with E-state index >= 15 is 0 Å². The molecule has 0 atom stereocenters. The van der Waals surface area contributed by atoms with E-state index in [0.717, 1.165) is 0 Å². The summed E-state index contributed by atoms with van der Waals surface area (Å²) in [5, 5.41) is 0. The third-order valence-electron chi connectivity index (χ3n) is 1.22. The molecule has 0 aliphatic rings. The van der Waals surface area contributed by atoms with Crippen LogP contribution in [0.15, 0.2) is 24.3 Å². The van der Waals surface area contributed by atoms with E-state index in [1.54, 1.807) is 0 Å². The predicted molar refractivity (Wildman–Crippen MR) is 55.2 cm³/mol. The Labute approximate surface area is 81.8 Å². The molecule has 0 aliphatic carbocycles. The third kappa shape index (κ3) is 7.75. The first kappa shape index (κ1) is 11.6. The molecular formula is C8H11BrO2S. The van der Waals surface area contributed by atoms with Crippen molar-refractivity contribution in [3.63, 3.8) is 0 Å². The van der Waals surface area contributed by atoms with Crippen molar-refractivity contribution >= 4 is 24.0 Å². The first-order valence-electron chi connectivity index (χ1n) is 3.36. The van der Waals surface area contributed by atoms with Crippen molar-refractivity contribution in [3.05, 3.63) is 35.4 Å². The molecule has 4 heteroatoms. The van der Waals surface area contributed by atoms with Gasteiger partial charge in [-0.05, 0) is 13.8 Å². The van der Waals surface area contributed by atoms with Crippen LogP contribution in [-0.4, -0.2) is 8.42 Å². The Morgan fingerprint density at radius 3 is 1.33 bits per heavy atom. The van der Waals surface area contributed by atoms with Crippen molar-refractivity contribution in [2.24, 2.45) is 0 Å². The van der Waals surface area contributed by atoms with Crippen LogP contribution < -0.4 is 0 Å². The number of benzene rings is 1. The van der Waals surface area contributed by atoms with E-state index in [-0.39, 0.29) is 0 Å². The van der Waals surface area contributed by atoms with E-state index in [1.165, 1.54) is 11.1 Å². The lowest BCUT2D eigenvalue weighted by Crippen LogP contribution is -1.70. The molecule has 2 nitrogen and oxygen atoms in total. The van der Waals surface area contributed by atoms with Crippen LogP contribution in [0.25, 0.3) is 0 Å². The SMILES string of the molecule is Cc1ccc(C)cc1.O=[SH](=O)Br. The second-order valence-electron chi connectivity index (χ2n) is 2.37. The Bertz CT molecular complexity index is 261. The summed E-state index contributed by atoms with van der Waals surface area (Å²) < 4.78 is 17.9. The molecule has 0 aliphatic heterocycles. The molecule has 68 valence electrons. The van der Waals surface area contributed by atoms with E-state index in [1.807, 2.05) is 0 Å². The van der Waals surface area contributed by atoms with Gasteiger partial charge in [0.1, 0.15) is 0 Å². The van der Waals surface area contributed by atoms with Crippen LogP contribution in [0.1, 0.15) is 11.1 Å². The summed E-state index contributed by atoms with van der Waals surface area (Å²) in [5.74, 6) is 0. The molecule has 0 N–H and O–H groups in total. The smallest absolute Gasteiger partial charge is 0.199 e. The molecule has 0 saturated heterocycles. The van der Waals surface area contributed by atoms with Crippen molar-refractivity contribution in [1.82, 2.24) is 0 Å². The van der Waals surface area contributed by atoms with Crippen LogP contribution in [0, 0.1) is 13.8 Å². The number of hydrogen-bond acceptors (Lipinski definition) is 2. The molecule has 0 unspecified atom stereocenters. The Morgan fingerprint density at radius 2 is 1.17 bits per heavy atom. The Hall–Kier alpha value is -0.350. The zero-order valence-electron chi connectivity index (χ0n) is 6.95. The molecule has 0 bridgehead atoms. The molecule has 0 aromatic heterocycles. The minimum atomic E-state index is -2.31. The van der Waals surface area contributed by atoms with Gasteiger partial charge in [-0.1, -0.05) is 35.4 Å². The monoisotopic (exact) mass is 250 g/mol. The zero-order valence-corrected chi connectivity index (χ0v) is 9.43. The van der Waals surface area contributed by atoms with E-state index in [0.29, 0.717) is 0 Å². The van der Waals surface area contributed by atoms with Crippen molar-refractivity contribution in [3.8, 4) is 0 Å². The molecule has 12 heavy (non-hydrogen) atoms. The normalized spacial score (nSPS) is 9.00. The van der Waals surface area contributed by atoms with Gasteiger partial charge in [0.25, 0.3) is 0 Å². The van der Waals surface area contributed by atoms with Gasteiger partial charge >= 0.3 is 0 Å². The van der Waals surface area contributed by atoms with Gasteiger partial charge in [0.15, 0.2) is 9.14 Å². The highest BCUT2D eigenvalue weighted by Crippen LogP contribution is 1.99. The lowest BCUT2D eigenvalue weighted by Gasteiger charge is -1.90. The lowest BCUT2D eigenvalue weighted by atomic mass is 10.2. The highest BCUT2D eigenvalue weighted by molar-refractivity contribution is 9.44. The van der Waals surface area contributed by atoms with Gasteiger partial charge in [-0.3, -0.25) is 0 Å². The van der Waals surface area contributed by atoms with Gasteiger partial charge in [0, 0.05) is 0 Å². The number of thiol groups is 1. The second-order valence-corrected chi connectivity index (χ2v) is 4.53. The van der Waals surface area contributed by atoms with Gasteiger partial charge in [0.05, 0.1) is 14.8 Å². The Morgan fingerprint density at radius 1 is 1.00 bits per heavy atom. The summed E-state index contributed by atoms with van der Waals surface area (Å²) in [6.07, 6.45) is 0. The zero-order chi connectivity index (χ0) is 9.56.